The zero-order valence-electron chi connectivity index (χ0n) is 9.47. The number of hydrogen-bond donors (Lipinski definition) is 2. The number of nitrogens with one attached hydrogen (secondary N) is 2. The van der Waals surface area contributed by atoms with Crippen molar-refractivity contribution in [2.45, 2.75) is 30.0 Å². The van der Waals surface area contributed by atoms with Crippen LogP contribution in [0.4, 0.5) is 0 Å². The number of thiazole rings is 1. The van der Waals surface area contributed by atoms with Gasteiger partial charge in [0.05, 0.1) is 11.2 Å². The van der Waals surface area contributed by atoms with Crippen LogP contribution < -0.4 is 10.0 Å². The van der Waals surface area contributed by atoms with Gasteiger partial charge < -0.3 is 5.32 Å². The minimum atomic E-state index is -3.37. The van der Waals surface area contributed by atoms with Gasteiger partial charge in [0.2, 0.25) is 0 Å². The summed E-state index contributed by atoms with van der Waals surface area (Å²) in [6.45, 7) is 3.47. The molecule has 5 nitrogen and oxygen atoms in total. The van der Waals surface area contributed by atoms with Crippen molar-refractivity contribution in [3.8, 4) is 0 Å². The Kier molecular flexibility index (Phi) is 5.33. The fourth-order valence-electron chi connectivity index (χ4n) is 1.70. The molecule has 1 saturated heterocycles. The van der Waals surface area contributed by atoms with Gasteiger partial charge in [-0.3, -0.25) is 0 Å². The summed E-state index contributed by atoms with van der Waals surface area (Å²) in [5, 5.41) is 3.94. The second kappa shape index (κ2) is 6.10. The van der Waals surface area contributed by atoms with Gasteiger partial charge >= 0.3 is 0 Å². The van der Waals surface area contributed by atoms with Crippen LogP contribution in [0.2, 0.25) is 0 Å². The van der Waals surface area contributed by atoms with Gasteiger partial charge in [0, 0.05) is 12.6 Å². The van der Waals surface area contributed by atoms with E-state index in [1.54, 1.807) is 6.92 Å². The molecule has 1 aliphatic rings. The maximum absolute atomic E-state index is 11.9. The van der Waals surface area contributed by atoms with Gasteiger partial charge in [-0.05, 0) is 26.3 Å². The molecule has 0 bridgehead atoms. The quantitative estimate of drug-likeness (QED) is 0.870. The van der Waals surface area contributed by atoms with Gasteiger partial charge in [-0.1, -0.05) is 0 Å². The molecule has 1 fully saturated rings. The van der Waals surface area contributed by atoms with Crippen LogP contribution in [-0.4, -0.2) is 32.5 Å². The largest absolute Gasteiger partial charge is 0.315 e. The van der Waals surface area contributed by atoms with Crippen molar-refractivity contribution in [1.82, 2.24) is 15.0 Å². The molecule has 98 valence electrons. The summed E-state index contributed by atoms with van der Waals surface area (Å²) in [5.41, 5.74) is 0. The molecule has 0 unspecified atom stereocenters. The van der Waals surface area contributed by atoms with Gasteiger partial charge in [0.1, 0.15) is 0 Å². The van der Waals surface area contributed by atoms with E-state index in [0.29, 0.717) is 10.8 Å². The number of nitrogens with zero attached hydrogens (tertiary/aromatic N) is 1. The van der Waals surface area contributed by atoms with Crippen molar-refractivity contribution in [1.29, 1.82) is 0 Å². The fourth-order valence-corrected chi connectivity index (χ4v) is 4.09. The van der Waals surface area contributed by atoms with Crippen LogP contribution >= 0.6 is 23.7 Å². The number of rotatable bonds is 3. The second-order valence-corrected chi connectivity index (χ2v) is 7.04. The SMILES string of the molecule is Cc1ncc(S(=O)(=O)N[C@@H]2CCCNC2)s1.Cl. The standard InChI is InChI=1S/C9H15N3O2S2.ClH/c1-7-11-6-9(15-7)16(13,14)12-8-3-2-4-10-5-8;/h6,8,10,12H,2-5H2,1H3;1H/t8-;/m1./s1. The maximum atomic E-state index is 11.9. The third kappa shape index (κ3) is 3.89. The first-order valence-electron chi connectivity index (χ1n) is 5.23. The third-order valence-electron chi connectivity index (χ3n) is 2.48. The first-order valence-corrected chi connectivity index (χ1v) is 7.53. The Morgan fingerprint density at radius 3 is 2.88 bits per heavy atom. The number of piperidine rings is 1. The average Bonchev–Trinajstić information content (AvgIpc) is 2.66. The van der Waals surface area contributed by atoms with Crippen molar-refractivity contribution in [3.63, 3.8) is 0 Å². The first-order chi connectivity index (χ1) is 7.58. The second-order valence-electron chi connectivity index (χ2n) is 3.86. The molecular weight excluding hydrogens is 282 g/mol. The lowest BCUT2D eigenvalue weighted by molar-refractivity contribution is 0.429. The lowest BCUT2D eigenvalue weighted by Crippen LogP contribution is -2.45. The van der Waals surface area contributed by atoms with Gasteiger partial charge in [0.15, 0.2) is 4.21 Å². The molecule has 1 aliphatic heterocycles. The van der Waals surface area contributed by atoms with Crippen molar-refractivity contribution >= 4 is 33.8 Å². The predicted octanol–water partition coefficient (Wildman–Crippen LogP) is 0.904. The Bertz CT molecular complexity index is 455. The maximum Gasteiger partial charge on any atom is 0.251 e. The number of aryl methyl sites for hydroxylation is 1. The van der Waals surface area contributed by atoms with E-state index in [-0.39, 0.29) is 18.4 Å². The number of hydrogen-bond acceptors (Lipinski definition) is 5. The van der Waals surface area contributed by atoms with Crippen LogP contribution in [0.3, 0.4) is 0 Å². The minimum Gasteiger partial charge on any atom is -0.315 e. The molecule has 17 heavy (non-hydrogen) atoms. The number of sulfonamides is 1. The Balaban J connectivity index is 0.00000144. The van der Waals surface area contributed by atoms with E-state index >= 15 is 0 Å². The van der Waals surface area contributed by atoms with Crippen molar-refractivity contribution < 1.29 is 8.42 Å². The molecular formula is C9H16ClN3O2S2. The fraction of sp³-hybridized carbons (Fsp3) is 0.667. The van der Waals surface area contributed by atoms with Gasteiger partial charge in [-0.15, -0.1) is 23.7 Å². The molecule has 1 aromatic rings. The van der Waals surface area contributed by atoms with Gasteiger partial charge in [-0.25, -0.2) is 18.1 Å². The Hall–Kier alpha value is -0.210. The Labute approximate surface area is 111 Å². The van der Waals surface area contributed by atoms with Crippen LogP contribution in [-0.2, 0) is 10.0 Å². The molecule has 1 aromatic heterocycles. The summed E-state index contributed by atoms with van der Waals surface area (Å²) < 4.78 is 26.9. The van der Waals surface area contributed by atoms with Crippen LogP contribution in [0, 0.1) is 6.92 Å². The lowest BCUT2D eigenvalue weighted by Gasteiger charge is -2.23. The highest BCUT2D eigenvalue weighted by Gasteiger charge is 2.23. The molecule has 2 N–H and O–H groups in total. The summed E-state index contributed by atoms with van der Waals surface area (Å²) in [7, 11) is -3.37. The van der Waals surface area contributed by atoms with E-state index in [0.717, 1.165) is 24.4 Å². The number of halogens is 1. The molecule has 2 rings (SSSR count). The smallest absolute Gasteiger partial charge is 0.251 e. The monoisotopic (exact) mass is 297 g/mol. The van der Waals surface area contributed by atoms with Crippen LogP contribution in [0.1, 0.15) is 17.8 Å². The van der Waals surface area contributed by atoms with E-state index in [2.05, 4.69) is 15.0 Å². The summed E-state index contributed by atoms with van der Waals surface area (Å²) >= 11 is 1.20. The highest BCUT2D eigenvalue weighted by molar-refractivity contribution is 7.91. The van der Waals surface area contributed by atoms with E-state index in [9.17, 15) is 8.42 Å². The van der Waals surface area contributed by atoms with Gasteiger partial charge in [0.25, 0.3) is 10.0 Å². The zero-order valence-corrected chi connectivity index (χ0v) is 11.9. The van der Waals surface area contributed by atoms with Crippen molar-refractivity contribution in [2.75, 3.05) is 13.1 Å². The summed E-state index contributed by atoms with van der Waals surface area (Å²) in [5.74, 6) is 0. The molecule has 0 aromatic carbocycles. The average molecular weight is 298 g/mol. The third-order valence-corrected chi connectivity index (χ3v) is 5.38. The molecule has 1 atom stereocenters. The summed E-state index contributed by atoms with van der Waals surface area (Å²) in [6, 6.07) is 0.00107. The highest BCUT2D eigenvalue weighted by atomic mass is 35.5. The molecule has 0 spiro atoms. The topological polar surface area (TPSA) is 71.1 Å². The summed E-state index contributed by atoms with van der Waals surface area (Å²) in [4.78, 5) is 3.96. The van der Waals surface area contributed by atoms with E-state index in [1.807, 2.05) is 0 Å². The zero-order chi connectivity index (χ0) is 11.6. The van der Waals surface area contributed by atoms with Crippen molar-refractivity contribution in [3.05, 3.63) is 11.2 Å². The van der Waals surface area contributed by atoms with E-state index < -0.39 is 10.0 Å². The molecule has 8 heteroatoms. The van der Waals surface area contributed by atoms with Gasteiger partial charge in [-0.2, -0.15) is 0 Å². The Morgan fingerprint density at radius 2 is 2.35 bits per heavy atom. The van der Waals surface area contributed by atoms with E-state index in [4.69, 9.17) is 0 Å². The van der Waals surface area contributed by atoms with Crippen molar-refractivity contribution in [2.24, 2.45) is 0 Å². The molecule has 2 heterocycles. The minimum absolute atomic E-state index is 0. The normalized spacial score (nSPS) is 20.9. The molecule has 0 amide bonds. The predicted molar refractivity (Wildman–Crippen MR) is 70.3 cm³/mol. The van der Waals surface area contributed by atoms with Crippen LogP contribution in [0.15, 0.2) is 10.4 Å². The van der Waals surface area contributed by atoms with E-state index in [1.165, 1.54) is 17.5 Å². The lowest BCUT2D eigenvalue weighted by atomic mass is 10.1. The van der Waals surface area contributed by atoms with Crippen LogP contribution in [0.5, 0.6) is 0 Å². The highest BCUT2D eigenvalue weighted by Crippen LogP contribution is 2.18. The Morgan fingerprint density at radius 1 is 1.59 bits per heavy atom. The summed E-state index contributed by atoms with van der Waals surface area (Å²) in [6.07, 6.45) is 3.32. The molecule has 0 saturated carbocycles. The molecule has 0 aliphatic carbocycles. The van der Waals surface area contributed by atoms with Crippen LogP contribution in [0.25, 0.3) is 0 Å². The number of aromatic nitrogens is 1. The molecule has 0 radical (unpaired) electrons. The first kappa shape index (κ1) is 14.8.